The highest BCUT2D eigenvalue weighted by atomic mass is 16.5. The van der Waals surface area contributed by atoms with Crippen LogP contribution in [0.1, 0.15) is 41.7 Å². The summed E-state index contributed by atoms with van der Waals surface area (Å²) in [4.78, 5) is 15.0. The van der Waals surface area contributed by atoms with Gasteiger partial charge in [0, 0.05) is 5.69 Å². The molecule has 150 valence electrons. The van der Waals surface area contributed by atoms with Crippen molar-refractivity contribution < 1.29 is 18.7 Å². The maximum Gasteiger partial charge on any atom is 0.258 e. The van der Waals surface area contributed by atoms with Crippen molar-refractivity contribution in [3.63, 3.8) is 0 Å². The molecule has 6 heteroatoms. The Bertz CT molecular complexity index is 998. The molecule has 1 amide bonds. The lowest BCUT2D eigenvalue weighted by Gasteiger charge is -2.38. The molecule has 0 spiro atoms. The average molecular weight is 392 g/mol. The third kappa shape index (κ3) is 3.78. The molecule has 1 aliphatic heterocycles. The van der Waals surface area contributed by atoms with E-state index < -0.39 is 0 Å². The highest BCUT2D eigenvalue weighted by Gasteiger charge is 2.33. The molecular weight excluding hydrogens is 368 g/mol. The van der Waals surface area contributed by atoms with E-state index in [4.69, 9.17) is 13.9 Å². The number of rotatable bonds is 6. The highest BCUT2D eigenvalue weighted by Crippen LogP contribution is 2.37. The molecule has 0 fully saturated rings. The van der Waals surface area contributed by atoms with Crippen molar-refractivity contribution in [1.82, 2.24) is 4.90 Å². The fraction of sp³-hybridized carbons (Fsp3) is 0.261. The topological polar surface area (TPSA) is 63.9 Å². The van der Waals surface area contributed by atoms with Crippen LogP contribution in [0.15, 0.2) is 65.3 Å². The summed E-state index contributed by atoms with van der Waals surface area (Å²) >= 11 is 0. The van der Waals surface area contributed by atoms with Gasteiger partial charge < -0.3 is 24.1 Å². The Hall–Kier alpha value is -3.41. The van der Waals surface area contributed by atoms with Crippen molar-refractivity contribution in [3.05, 3.63) is 77.7 Å². The van der Waals surface area contributed by atoms with Crippen LogP contribution in [0.5, 0.6) is 11.5 Å². The molecule has 4 rings (SSSR count). The Morgan fingerprint density at radius 1 is 1.10 bits per heavy atom. The smallest absolute Gasteiger partial charge is 0.258 e. The zero-order valence-electron chi connectivity index (χ0n) is 16.7. The largest absolute Gasteiger partial charge is 0.493 e. The lowest BCUT2D eigenvalue weighted by molar-refractivity contribution is 0.0651. The van der Waals surface area contributed by atoms with E-state index in [1.807, 2.05) is 68.4 Å². The van der Waals surface area contributed by atoms with Crippen molar-refractivity contribution in [1.29, 1.82) is 0 Å². The fourth-order valence-electron chi connectivity index (χ4n) is 3.50. The van der Waals surface area contributed by atoms with E-state index in [-0.39, 0.29) is 18.2 Å². The Kier molecular flexibility index (Phi) is 5.16. The van der Waals surface area contributed by atoms with E-state index in [9.17, 15) is 4.79 Å². The van der Waals surface area contributed by atoms with Crippen molar-refractivity contribution in [3.8, 4) is 11.5 Å². The van der Waals surface area contributed by atoms with Gasteiger partial charge in [-0.3, -0.25) is 4.79 Å². The van der Waals surface area contributed by atoms with E-state index >= 15 is 0 Å². The van der Waals surface area contributed by atoms with Gasteiger partial charge in [0.25, 0.3) is 5.91 Å². The molecule has 0 saturated carbocycles. The molecule has 0 bridgehead atoms. The van der Waals surface area contributed by atoms with Gasteiger partial charge in [0.1, 0.15) is 11.9 Å². The maximum atomic E-state index is 13.3. The van der Waals surface area contributed by atoms with Crippen LogP contribution in [0, 0.1) is 0 Å². The summed E-state index contributed by atoms with van der Waals surface area (Å²) in [6, 6.07) is 17.0. The molecule has 1 atom stereocenters. The maximum absolute atomic E-state index is 13.3. The van der Waals surface area contributed by atoms with Gasteiger partial charge in [-0.15, -0.1) is 0 Å². The summed E-state index contributed by atoms with van der Waals surface area (Å²) in [6.07, 6.45) is 1.28. The number of carbonyl (C=O) groups is 1. The zero-order chi connectivity index (χ0) is 20.4. The lowest BCUT2D eigenvalue weighted by Crippen LogP contribution is -2.42. The second kappa shape index (κ2) is 7.91. The molecule has 1 aliphatic rings. The van der Waals surface area contributed by atoms with Crippen LogP contribution < -0.4 is 14.8 Å². The predicted octanol–water partition coefficient (Wildman–Crippen LogP) is 4.84. The highest BCUT2D eigenvalue weighted by molar-refractivity contribution is 6.01. The van der Waals surface area contributed by atoms with Crippen LogP contribution >= 0.6 is 0 Å². The Balaban J connectivity index is 1.74. The van der Waals surface area contributed by atoms with Gasteiger partial charge in [-0.2, -0.15) is 0 Å². The lowest BCUT2D eigenvalue weighted by atomic mass is 10.0. The monoisotopic (exact) mass is 392 g/mol. The first kappa shape index (κ1) is 18.9. The standard InChI is InChI=1S/C23H24N2O4/c1-15(2)29-20-11-10-16(13-21(20)27-3)22-24-19-9-5-4-8-18(19)23(26)25(22)14-17-7-6-12-28-17/h4-13,15,22,24H,14H2,1-3H3/t22-/m1/s1. The molecule has 0 aliphatic carbocycles. The quantitative estimate of drug-likeness (QED) is 0.650. The summed E-state index contributed by atoms with van der Waals surface area (Å²) in [5.74, 6) is 1.96. The number of nitrogens with zero attached hydrogens (tertiary/aromatic N) is 1. The SMILES string of the molecule is COc1cc([C@@H]2Nc3ccccc3C(=O)N2Cc2ccco2)ccc1OC(C)C. The molecule has 0 saturated heterocycles. The summed E-state index contributed by atoms with van der Waals surface area (Å²) in [7, 11) is 1.61. The molecule has 2 aromatic carbocycles. The zero-order valence-corrected chi connectivity index (χ0v) is 16.7. The number of methoxy groups -OCH3 is 1. The number of amides is 1. The number of furan rings is 1. The first-order chi connectivity index (χ1) is 14.1. The first-order valence-electron chi connectivity index (χ1n) is 9.60. The van der Waals surface area contributed by atoms with E-state index in [2.05, 4.69) is 5.32 Å². The van der Waals surface area contributed by atoms with E-state index in [0.717, 1.165) is 17.0 Å². The van der Waals surface area contributed by atoms with Gasteiger partial charge in [-0.25, -0.2) is 0 Å². The van der Waals surface area contributed by atoms with Crippen LogP contribution in [0.3, 0.4) is 0 Å². The van der Waals surface area contributed by atoms with Crippen molar-refractivity contribution >= 4 is 11.6 Å². The minimum atomic E-state index is -0.371. The number of anilines is 1. The Morgan fingerprint density at radius 3 is 2.66 bits per heavy atom. The molecule has 1 N–H and O–H groups in total. The molecular formula is C23H24N2O4. The summed E-state index contributed by atoms with van der Waals surface area (Å²) in [6.45, 7) is 4.29. The average Bonchev–Trinajstić information content (AvgIpc) is 3.23. The van der Waals surface area contributed by atoms with Crippen LogP contribution in [-0.2, 0) is 6.54 Å². The van der Waals surface area contributed by atoms with Crippen LogP contribution in [0.2, 0.25) is 0 Å². The molecule has 6 nitrogen and oxygen atoms in total. The number of hydrogen-bond donors (Lipinski definition) is 1. The third-order valence-corrected chi connectivity index (χ3v) is 4.79. The summed E-state index contributed by atoms with van der Waals surface area (Å²) in [5, 5.41) is 3.48. The van der Waals surface area contributed by atoms with Gasteiger partial charge in [-0.1, -0.05) is 18.2 Å². The Morgan fingerprint density at radius 2 is 1.93 bits per heavy atom. The van der Waals surface area contributed by atoms with E-state index in [0.29, 0.717) is 23.6 Å². The van der Waals surface area contributed by atoms with E-state index in [1.165, 1.54) is 0 Å². The Labute approximate surface area is 170 Å². The number of nitrogens with one attached hydrogen (secondary N) is 1. The second-order valence-electron chi connectivity index (χ2n) is 7.18. The van der Waals surface area contributed by atoms with Crippen molar-refractivity contribution in [2.45, 2.75) is 32.7 Å². The molecule has 1 aromatic heterocycles. The van der Waals surface area contributed by atoms with Crippen LogP contribution in [0.4, 0.5) is 5.69 Å². The second-order valence-corrected chi connectivity index (χ2v) is 7.18. The minimum absolute atomic E-state index is 0.0338. The number of ether oxygens (including phenoxy) is 2. The van der Waals surface area contributed by atoms with Gasteiger partial charge in [0.15, 0.2) is 11.5 Å². The number of hydrogen-bond acceptors (Lipinski definition) is 5. The predicted molar refractivity (Wildman–Crippen MR) is 110 cm³/mol. The van der Waals surface area contributed by atoms with Gasteiger partial charge in [0.05, 0.1) is 31.6 Å². The number of benzene rings is 2. The molecule has 29 heavy (non-hydrogen) atoms. The molecule has 0 radical (unpaired) electrons. The van der Waals surface area contributed by atoms with Gasteiger partial charge in [-0.05, 0) is 55.8 Å². The summed E-state index contributed by atoms with van der Waals surface area (Å²) < 4.78 is 16.9. The third-order valence-electron chi connectivity index (χ3n) is 4.79. The molecule has 0 unspecified atom stereocenters. The number of carbonyl (C=O) groups excluding carboxylic acids is 1. The summed E-state index contributed by atoms with van der Waals surface area (Å²) in [5.41, 5.74) is 2.34. The van der Waals surface area contributed by atoms with E-state index in [1.54, 1.807) is 18.3 Å². The first-order valence-corrected chi connectivity index (χ1v) is 9.60. The number of para-hydroxylation sites is 1. The molecule has 2 heterocycles. The molecule has 3 aromatic rings. The normalized spacial score (nSPS) is 15.8. The van der Waals surface area contributed by atoms with Gasteiger partial charge >= 0.3 is 0 Å². The van der Waals surface area contributed by atoms with Crippen molar-refractivity contribution in [2.75, 3.05) is 12.4 Å². The van der Waals surface area contributed by atoms with Crippen LogP contribution in [0.25, 0.3) is 0 Å². The minimum Gasteiger partial charge on any atom is -0.493 e. The van der Waals surface area contributed by atoms with Crippen molar-refractivity contribution in [2.24, 2.45) is 0 Å². The fourth-order valence-corrected chi connectivity index (χ4v) is 3.50. The van der Waals surface area contributed by atoms with Gasteiger partial charge in [0.2, 0.25) is 0 Å². The van der Waals surface area contributed by atoms with Crippen LogP contribution in [-0.4, -0.2) is 24.0 Å². The number of fused-ring (bicyclic) bond motifs is 1.